The van der Waals surface area contributed by atoms with Crippen LogP contribution in [0.5, 0.6) is 0 Å². The first-order chi connectivity index (χ1) is 7.86. The molecule has 0 aliphatic carbocycles. The zero-order valence-corrected chi connectivity index (χ0v) is 10.5. The van der Waals surface area contributed by atoms with Crippen molar-refractivity contribution in [3.63, 3.8) is 0 Å². The molecule has 2 nitrogen and oxygen atoms in total. The maximum absolute atomic E-state index is 12.2. The minimum absolute atomic E-state index is 0.0191. The summed E-state index contributed by atoms with van der Waals surface area (Å²) < 4.78 is 36.7. The molecular formula is C12H17F3N2. The second-order valence-electron chi connectivity index (χ2n) is 3.26. The van der Waals surface area contributed by atoms with Gasteiger partial charge in [-0.05, 0) is 19.4 Å². The molecule has 1 heterocycles. The van der Waals surface area contributed by atoms with Crippen molar-refractivity contribution in [1.82, 2.24) is 9.78 Å². The quantitative estimate of drug-likeness (QED) is 0.709. The van der Waals surface area contributed by atoms with Crippen molar-refractivity contribution in [2.24, 2.45) is 0 Å². The van der Waals surface area contributed by atoms with Gasteiger partial charge in [-0.15, -0.1) is 13.2 Å². The average molecular weight is 246 g/mol. The van der Waals surface area contributed by atoms with E-state index in [4.69, 9.17) is 0 Å². The molecule has 0 fully saturated rings. The Hall–Kier alpha value is -1.52. The van der Waals surface area contributed by atoms with Crippen LogP contribution in [0.2, 0.25) is 0 Å². The highest BCUT2D eigenvalue weighted by molar-refractivity contribution is 5.74. The van der Waals surface area contributed by atoms with Crippen LogP contribution < -0.4 is 0 Å². The summed E-state index contributed by atoms with van der Waals surface area (Å²) in [7, 11) is 0. The van der Waals surface area contributed by atoms with E-state index < -0.39 is 6.30 Å². The van der Waals surface area contributed by atoms with Gasteiger partial charge in [-0.25, -0.2) is 0 Å². The van der Waals surface area contributed by atoms with E-state index in [0.717, 1.165) is 11.8 Å². The van der Waals surface area contributed by atoms with Gasteiger partial charge < -0.3 is 0 Å². The number of alkyl halides is 3. The van der Waals surface area contributed by atoms with Crippen LogP contribution in [0, 0.1) is 0 Å². The van der Waals surface area contributed by atoms with E-state index in [9.17, 15) is 13.2 Å². The predicted octanol–water partition coefficient (Wildman–Crippen LogP) is 4.37. The second kappa shape index (κ2) is 6.27. The Balaban J connectivity index is 0.00000121. The van der Waals surface area contributed by atoms with Gasteiger partial charge in [0.25, 0.3) is 0 Å². The molecule has 0 saturated heterocycles. The minimum atomic E-state index is -4.47. The van der Waals surface area contributed by atoms with Gasteiger partial charge in [0.15, 0.2) is 0 Å². The monoisotopic (exact) mass is 246 g/mol. The summed E-state index contributed by atoms with van der Waals surface area (Å²) >= 11 is 0. The van der Waals surface area contributed by atoms with E-state index >= 15 is 0 Å². The van der Waals surface area contributed by atoms with Crippen LogP contribution in [0.25, 0.3) is 5.57 Å². The zero-order chi connectivity index (χ0) is 13.6. The maximum Gasteiger partial charge on any atom is 0.504 e. The molecule has 0 unspecified atom stereocenters. The lowest BCUT2D eigenvalue weighted by atomic mass is 10.1. The number of hydrogen-bond donors (Lipinski definition) is 0. The first-order valence-electron chi connectivity index (χ1n) is 5.28. The Morgan fingerprint density at radius 3 is 2.18 bits per heavy atom. The largest absolute Gasteiger partial charge is 0.504 e. The first-order valence-corrected chi connectivity index (χ1v) is 5.28. The van der Waals surface area contributed by atoms with Crippen molar-refractivity contribution in [3.8, 4) is 0 Å². The van der Waals surface area contributed by atoms with Crippen LogP contribution in [0.4, 0.5) is 13.2 Å². The van der Waals surface area contributed by atoms with Gasteiger partial charge in [-0.2, -0.15) is 9.78 Å². The molecule has 0 N–H and O–H groups in total. The van der Waals surface area contributed by atoms with Crippen molar-refractivity contribution >= 4 is 5.57 Å². The molecule has 96 valence electrons. The Kier molecular flexibility index (Phi) is 5.71. The third kappa shape index (κ3) is 4.09. The summed E-state index contributed by atoms with van der Waals surface area (Å²) in [5.74, 6) is 0. The molecule has 0 radical (unpaired) electrons. The molecule has 1 rings (SSSR count). The number of halogens is 3. The minimum Gasteiger partial charge on any atom is -0.178 e. The number of aromatic nitrogens is 2. The first kappa shape index (κ1) is 15.5. The molecule has 1 aromatic rings. The molecule has 0 aliphatic heterocycles. The van der Waals surface area contributed by atoms with Crippen LogP contribution in [0.1, 0.15) is 33.3 Å². The molecule has 0 bridgehead atoms. The van der Waals surface area contributed by atoms with Gasteiger partial charge in [-0.1, -0.05) is 32.1 Å². The SMILES string of the molecule is C=CC(=C(C)C)c1cnn(C(F)(F)F)c1.CC. The fourth-order valence-corrected chi connectivity index (χ4v) is 1.21. The number of allylic oxidation sites excluding steroid dienone is 3. The van der Waals surface area contributed by atoms with E-state index in [1.807, 2.05) is 27.7 Å². The molecule has 5 heteroatoms. The maximum atomic E-state index is 12.2. The third-order valence-corrected chi connectivity index (χ3v) is 1.90. The fourth-order valence-electron chi connectivity index (χ4n) is 1.21. The van der Waals surface area contributed by atoms with E-state index in [2.05, 4.69) is 11.7 Å². The van der Waals surface area contributed by atoms with Gasteiger partial charge >= 0.3 is 6.30 Å². The van der Waals surface area contributed by atoms with Crippen molar-refractivity contribution in [3.05, 3.63) is 36.2 Å². The second-order valence-corrected chi connectivity index (χ2v) is 3.26. The fraction of sp³-hybridized carbons (Fsp3) is 0.417. The standard InChI is InChI=1S/C10H11F3N2.C2H6/c1-4-9(7(2)3)8-5-14-15(6-8)10(11,12)13;1-2/h4-6H,1H2,2-3H3;1-2H3. The molecular weight excluding hydrogens is 229 g/mol. The molecule has 0 saturated carbocycles. The average Bonchev–Trinajstić information content (AvgIpc) is 2.70. The van der Waals surface area contributed by atoms with Crippen LogP contribution >= 0.6 is 0 Å². The van der Waals surface area contributed by atoms with Gasteiger partial charge in [0.05, 0.1) is 6.20 Å². The Morgan fingerprint density at radius 2 is 1.88 bits per heavy atom. The topological polar surface area (TPSA) is 17.8 Å². The molecule has 0 amide bonds. The van der Waals surface area contributed by atoms with Crippen LogP contribution in [-0.2, 0) is 6.30 Å². The lowest BCUT2D eigenvalue weighted by molar-refractivity contribution is -0.212. The molecule has 17 heavy (non-hydrogen) atoms. The highest BCUT2D eigenvalue weighted by Gasteiger charge is 2.31. The van der Waals surface area contributed by atoms with E-state index in [-0.39, 0.29) is 4.68 Å². The lowest BCUT2D eigenvalue weighted by Crippen LogP contribution is -2.16. The summed E-state index contributed by atoms with van der Waals surface area (Å²) in [6.45, 7) is 11.2. The molecule has 0 aliphatic rings. The summed E-state index contributed by atoms with van der Waals surface area (Å²) in [5, 5.41) is 3.25. The van der Waals surface area contributed by atoms with E-state index in [1.54, 1.807) is 0 Å². The summed E-state index contributed by atoms with van der Waals surface area (Å²) in [4.78, 5) is 0. The zero-order valence-electron chi connectivity index (χ0n) is 10.5. The Bertz CT molecular complexity index is 396. The van der Waals surface area contributed by atoms with Gasteiger partial charge in [-0.3, -0.25) is 0 Å². The molecule has 0 spiro atoms. The van der Waals surface area contributed by atoms with Crippen LogP contribution in [-0.4, -0.2) is 9.78 Å². The van der Waals surface area contributed by atoms with Crippen molar-refractivity contribution in [2.45, 2.75) is 34.0 Å². The predicted molar refractivity (Wildman–Crippen MR) is 63.3 cm³/mol. The Labute approximate surface area is 99.4 Å². The number of rotatable bonds is 2. The van der Waals surface area contributed by atoms with Gasteiger partial charge in [0, 0.05) is 11.8 Å². The third-order valence-electron chi connectivity index (χ3n) is 1.90. The highest BCUT2D eigenvalue weighted by Crippen LogP contribution is 2.25. The highest BCUT2D eigenvalue weighted by atomic mass is 19.4. The van der Waals surface area contributed by atoms with Crippen molar-refractivity contribution in [2.75, 3.05) is 0 Å². The van der Waals surface area contributed by atoms with Crippen LogP contribution in [0.15, 0.2) is 30.6 Å². The molecule has 0 aromatic carbocycles. The van der Waals surface area contributed by atoms with Crippen molar-refractivity contribution in [1.29, 1.82) is 0 Å². The lowest BCUT2D eigenvalue weighted by Gasteiger charge is -2.04. The molecule has 0 atom stereocenters. The summed E-state index contributed by atoms with van der Waals surface area (Å²) in [5.41, 5.74) is 1.99. The normalized spacial score (nSPS) is 10.3. The van der Waals surface area contributed by atoms with Crippen molar-refractivity contribution < 1.29 is 13.2 Å². The Morgan fingerprint density at radius 1 is 1.35 bits per heavy atom. The molecule has 1 aromatic heterocycles. The number of nitrogens with zero attached hydrogens (tertiary/aromatic N) is 2. The van der Waals surface area contributed by atoms with E-state index in [1.165, 1.54) is 12.3 Å². The van der Waals surface area contributed by atoms with Crippen LogP contribution in [0.3, 0.4) is 0 Å². The van der Waals surface area contributed by atoms with Gasteiger partial charge in [0.2, 0.25) is 0 Å². The van der Waals surface area contributed by atoms with Gasteiger partial charge in [0.1, 0.15) is 0 Å². The summed E-state index contributed by atoms with van der Waals surface area (Å²) in [6.07, 6.45) is -0.819. The number of hydrogen-bond acceptors (Lipinski definition) is 1. The van der Waals surface area contributed by atoms with E-state index in [0.29, 0.717) is 11.1 Å². The smallest absolute Gasteiger partial charge is 0.178 e. The summed E-state index contributed by atoms with van der Waals surface area (Å²) in [6, 6.07) is 0.